The monoisotopic (exact) mass is 251 g/mol. The van der Waals surface area contributed by atoms with E-state index in [1.807, 2.05) is 0 Å². The van der Waals surface area contributed by atoms with Gasteiger partial charge in [0.15, 0.2) is 11.5 Å². The van der Waals surface area contributed by atoms with Crippen molar-refractivity contribution in [2.45, 2.75) is 18.6 Å². The van der Waals surface area contributed by atoms with Gasteiger partial charge in [-0.15, -0.1) is 0 Å². The lowest BCUT2D eigenvalue weighted by atomic mass is 9.82. The number of fused-ring (bicyclic) bond motifs is 2. The average Bonchev–Trinajstić information content (AvgIpc) is 2.78. The van der Waals surface area contributed by atoms with Crippen molar-refractivity contribution >= 4 is 0 Å². The molecule has 3 atom stereocenters. The molecule has 1 fully saturated rings. The molecule has 0 aliphatic carbocycles. The van der Waals surface area contributed by atoms with Gasteiger partial charge < -0.3 is 14.6 Å². The van der Waals surface area contributed by atoms with Gasteiger partial charge in [0.2, 0.25) is 12.8 Å². The Kier molecular flexibility index (Phi) is 2.59. The zero-order valence-electron chi connectivity index (χ0n) is 9.61. The highest BCUT2D eigenvalue weighted by Gasteiger charge is 2.45. The van der Waals surface area contributed by atoms with E-state index in [0.717, 1.165) is 6.42 Å². The molecule has 6 nitrogen and oxygen atoms in total. The van der Waals surface area contributed by atoms with Crippen LogP contribution in [0.4, 0.5) is 0 Å². The molecule has 96 valence electrons. The lowest BCUT2D eigenvalue weighted by Crippen LogP contribution is -2.36. The largest absolute Gasteiger partial charge is 0.504 e. The van der Waals surface area contributed by atoms with Gasteiger partial charge >= 0.3 is 0 Å². The Balaban J connectivity index is 2.04. The standard InChI is InChI=1S/C12H13NO5/c14-10-3-1-2-7-9(6-13(15)16)8-4-5-17-12(8)18-11(7)10/h1-3,8-9,12,14H,4-6H2/t8-,9+,12+/m0/s1. The van der Waals surface area contributed by atoms with E-state index < -0.39 is 6.29 Å². The van der Waals surface area contributed by atoms with Crippen LogP contribution in [-0.4, -0.2) is 29.5 Å². The summed E-state index contributed by atoms with van der Waals surface area (Å²) in [5, 5.41) is 20.6. The Bertz CT molecular complexity index is 489. The van der Waals surface area contributed by atoms with Crippen LogP contribution in [0.15, 0.2) is 18.2 Å². The molecule has 0 radical (unpaired) electrons. The van der Waals surface area contributed by atoms with Crippen molar-refractivity contribution in [3.8, 4) is 11.5 Å². The molecule has 0 unspecified atom stereocenters. The molecule has 1 N–H and O–H groups in total. The molecule has 3 rings (SSSR count). The van der Waals surface area contributed by atoms with Crippen LogP contribution in [0, 0.1) is 16.0 Å². The Morgan fingerprint density at radius 1 is 1.50 bits per heavy atom. The molecule has 6 heteroatoms. The highest BCUT2D eigenvalue weighted by molar-refractivity contribution is 5.49. The van der Waals surface area contributed by atoms with Crippen LogP contribution < -0.4 is 4.74 Å². The summed E-state index contributed by atoms with van der Waals surface area (Å²) in [7, 11) is 0. The van der Waals surface area contributed by atoms with Crippen molar-refractivity contribution < 1.29 is 19.5 Å². The number of nitrogens with zero attached hydrogens (tertiary/aromatic N) is 1. The minimum atomic E-state index is -0.476. The second-order valence-electron chi connectivity index (χ2n) is 4.63. The number of rotatable bonds is 2. The smallest absolute Gasteiger partial charge is 0.211 e. The Morgan fingerprint density at radius 2 is 2.33 bits per heavy atom. The van der Waals surface area contributed by atoms with Gasteiger partial charge in [0, 0.05) is 16.4 Å². The number of aromatic hydroxyl groups is 1. The normalized spacial score (nSPS) is 29.2. The summed E-state index contributed by atoms with van der Waals surface area (Å²) in [5.41, 5.74) is 0.707. The van der Waals surface area contributed by atoms with Gasteiger partial charge in [0.25, 0.3) is 0 Å². The van der Waals surface area contributed by atoms with Crippen LogP contribution in [0.2, 0.25) is 0 Å². The van der Waals surface area contributed by atoms with Crippen molar-refractivity contribution in [2.75, 3.05) is 13.2 Å². The number of nitro groups is 1. The predicted octanol–water partition coefficient (Wildman–Crippen LogP) is 1.51. The minimum Gasteiger partial charge on any atom is -0.504 e. The maximum atomic E-state index is 10.8. The fourth-order valence-electron chi connectivity index (χ4n) is 2.80. The second kappa shape index (κ2) is 4.13. The van der Waals surface area contributed by atoms with Crippen LogP contribution in [-0.2, 0) is 4.74 Å². The highest BCUT2D eigenvalue weighted by atomic mass is 16.7. The van der Waals surface area contributed by atoms with Gasteiger partial charge in [-0.3, -0.25) is 10.1 Å². The van der Waals surface area contributed by atoms with Crippen LogP contribution in [0.1, 0.15) is 17.9 Å². The summed E-state index contributed by atoms with van der Waals surface area (Å²) in [6.07, 6.45) is 0.272. The number of hydrogen-bond donors (Lipinski definition) is 1. The fourth-order valence-corrected chi connectivity index (χ4v) is 2.80. The molecule has 0 saturated carbocycles. The zero-order valence-corrected chi connectivity index (χ0v) is 9.61. The van der Waals surface area contributed by atoms with Crippen molar-refractivity contribution in [1.82, 2.24) is 0 Å². The van der Waals surface area contributed by atoms with E-state index in [1.54, 1.807) is 12.1 Å². The van der Waals surface area contributed by atoms with Gasteiger partial charge in [0.1, 0.15) is 0 Å². The third kappa shape index (κ3) is 1.69. The topological polar surface area (TPSA) is 81.8 Å². The lowest BCUT2D eigenvalue weighted by Gasteiger charge is -2.32. The molecule has 1 saturated heterocycles. The first kappa shape index (κ1) is 11.3. The van der Waals surface area contributed by atoms with Gasteiger partial charge in [-0.05, 0) is 12.5 Å². The molecule has 0 amide bonds. The molecule has 2 aliphatic rings. The molecule has 0 bridgehead atoms. The van der Waals surface area contributed by atoms with E-state index >= 15 is 0 Å². The zero-order chi connectivity index (χ0) is 12.7. The van der Waals surface area contributed by atoms with Crippen molar-refractivity contribution in [3.05, 3.63) is 33.9 Å². The third-order valence-electron chi connectivity index (χ3n) is 3.60. The SMILES string of the molecule is O=[N+]([O-])C[C@@H]1c2cccc(O)c2O[C@H]2OCC[C@H]21. The Hall–Kier alpha value is -1.82. The third-order valence-corrected chi connectivity index (χ3v) is 3.60. The predicted molar refractivity (Wildman–Crippen MR) is 61.2 cm³/mol. The van der Waals surface area contributed by atoms with Crippen molar-refractivity contribution in [1.29, 1.82) is 0 Å². The first-order chi connectivity index (χ1) is 8.66. The fraction of sp³-hybridized carbons (Fsp3) is 0.500. The van der Waals surface area contributed by atoms with Gasteiger partial charge in [-0.2, -0.15) is 0 Å². The maximum absolute atomic E-state index is 10.8. The Labute approximate surface area is 103 Å². The molecule has 18 heavy (non-hydrogen) atoms. The Morgan fingerprint density at radius 3 is 3.11 bits per heavy atom. The summed E-state index contributed by atoms with van der Waals surface area (Å²) in [4.78, 5) is 10.5. The van der Waals surface area contributed by atoms with E-state index in [9.17, 15) is 15.2 Å². The molecule has 1 aromatic carbocycles. The summed E-state index contributed by atoms with van der Waals surface area (Å²) < 4.78 is 11.0. The maximum Gasteiger partial charge on any atom is 0.211 e. The van der Waals surface area contributed by atoms with Crippen molar-refractivity contribution in [3.63, 3.8) is 0 Å². The van der Waals surface area contributed by atoms with Crippen LogP contribution in [0.5, 0.6) is 11.5 Å². The summed E-state index contributed by atoms with van der Waals surface area (Å²) in [6, 6.07) is 4.97. The number of hydrogen-bond acceptors (Lipinski definition) is 5. The molecule has 0 spiro atoms. The molecule has 2 heterocycles. The van der Waals surface area contributed by atoms with E-state index in [4.69, 9.17) is 9.47 Å². The molecule has 2 aliphatic heterocycles. The van der Waals surface area contributed by atoms with E-state index in [0.29, 0.717) is 17.9 Å². The van der Waals surface area contributed by atoms with Crippen LogP contribution >= 0.6 is 0 Å². The number of para-hydroxylation sites is 1. The quantitative estimate of drug-likeness (QED) is 0.636. The van der Waals surface area contributed by atoms with Gasteiger partial charge in [-0.1, -0.05) is 12.1 Å². The number of phenols is 1. The summed E-state index contributed by atoms with van der Waals surface area (Å²) in [6.45, 7) is 0.378. The van der Waals surface area contributed by atoms with Gasteiger partial charge in [0.05, 0.1) is 12.5 Å². The first-order valence-corrected chi connectivity index (χ1v) is 5.89. The molecular weight excluding hydrogens is 238 g/mol. The lowest BCUT2D eigenvalue weighted by molar-refractivity contribution is -0.485. The van der Waals surface area contributed by atoms with Crippen molar-refractivity contribution in [2.24, 2.45) is 5.92 Å². The molecule has 0 aromatic heterocycles. The van der Waals surface area contributed by atoms with Gasteiger partial charge in [-0.25, -0.2) is 0 Å². The summed E-state index contributed by atoms with van der Waals surface area (Å²) >= 11 is 0. The second-order valence-corrected chi connectivity index (χ2v) is 4.63. The first-order valence-electron chi connectivity index (χ1n) is 5.89. The van der Waals surface area contributed by atoms with Crippen LogP contribution in [0.3, 0.4) is 0 Å². The number of phenolic OH excluding ortho intramolecular Hbond substituents is 1. The van der Waals surface area contributed by atoms with E-state index in [-0.39, 0.29) is 29.1 Å². The number of ether oxygens (including phenoxy) is 2. The summed E-state index contributed by atoms with van der Waals surface area (Å²) in [5.74, 6) is 0.0651. The minimum absolute atomic E-state index is 0.00907. The number of benzene rings is 1. The molecular formula is C12H13NO5. The van der Waals surface area contributed by atoms with Crippen LogP contribution in [0.25, 0.3) is 0 Å². The molecule has 1 aromatic rings. The average molecular weight is 251 g/mol. The van der Waals surface area contributed by atoms with E-state index in [1.165, 1.54) is 6.07 Å². The van der Waals surface area contributed by atoms with E-state index in [2.05, 4.69) is 0 Å². The highest BCUT2D eigenvalue weighted by Crippen LogP contribution is 2.47.